The largest absolute Gasteiger partial charge is 0.496 e. The third kappa shape index (κ3) is 5.75. The van der Waals surface area contributed by atoms with Crippen LogP contribution in [0.15, 0.2) is 18.2 Å². The Labute approximate surface area is 138 Å². The number of nitrogens with zero attached hydrogens (tertiary/aromatic N) is 1. The minimum Gasteiger partial charge on any atom is -0.496 e. The van der Waals surface area contributed by atoms with Crippen molar-refractivity contribution >= 4 is 17.7 Å². The van der Waals surface area contributed by atoms with Gasteiger partial charge in [0.2, 0.25) is 0 Å². The number of amides is 1. The van der Waals surface area contributed by atoms with Crippen LogP contribution < -0.4 is 10.1 Å². The van der Waals surface area contributed by atoms with Gasteiger partial charge in [0, 0.05) is 12.5 Å². The molecule has 0 aliphatic heterocycles. The summed E-state index contributed by atoms with van der Waals surface area (Å²) in [6, 6.07) is 2.56. The number of hydrogen-bond donors (Lipinski definition) is 2. The van der Waals surface area contributed by atoms with E-state index in [4.69, 9.17) is 9.47 Å². The zero-order valence-electron chi connectivity index (χ0n) is 13.9. The van der Waals surface area contributed by atoms with Crippen LogP contribution in [-0.4, -0.2) is 40.8 Å². The highest BCUT2D eigenvalue weighted by molar-refractivity contribution is 5.80. The number of aliphatic carboxylic acids is 1. The van der Waals surface area contributed by atoms with E-state index in [1.165, 1.54) is 25.3 Å². The minimum atomic E-state index is -1.27. The van der Waals surface area contributed by atoms with E-state index < -0.39 is 28.6 Å². The summed E-state index contributed by atoms with van der Waals surface area (Å²) < 4.78 is 10.1. The standard InChI is InChI=1S/C15H20N2O7/c1-15(2,3)24-14(20)16-11(13(18)19)7-9-5-6-10(17(21)22)8-12(9)23-4/h5-6,8,11H,7H2,1-4H3,(H,16,20)(H,18,19). The van der Waals surface area contributed by atoms with Crippen LogP contribution in [0.1, 0.15) is 26.3 Å². The molecule has 0 aliphatic rings. The Hall–Kier alpha value is -2.84. The average Bonchev–Trinajstić information content (AvgIpc) is 2.44. The molecule has 1 atom stereocenters. The van der Waals surface area contributed by atoms with E-state index in [1.54, 1.807) is 20.8 Å². The highest BCUT2D eigenvalue weighted by atomic mass is 16.6. The van der Waals surface area contributed by atoms with E-state index in [2.05, 4.69) is 5.32 Å². The van der Waals surface area contributed by atoms with Crippen LogP contribution >= 0.6 is 0 Å². The zero-order valence-corrected chi connectivity index (χ0v) is 13.9. The molecule has 0 saturated heterocycles. The Bertz CT molecular complexity index is 637. The van der Waals surface area contributed by atoms with Gasteiger partial charge in [0.15, 0.2) is 0 Å². The molecule has 1 rings (SSSR count). The Balaban J connectivity index is 2.95. The van der Waals surface area contributed by atoms with Crippen LogP contribution in [-0.2, 0) is 16.0 Å². The fourth-order valence-corrected chi connectivity index (χ4v) is 1.89. The molecule has 0 aliphatic carbocycles. The molecule has 1 aromatic rings. The first kappa shape index (κ1) is 19.2. The molecule has 0 saturated carbocycles. The second kappa shape index (κ2) is 7.62. The number of carbonyl (C=O) groups is 2. The lowest BCUT2D eigenvalue weighted by molar-refractivity contribution is -0.384. The number of carbonyl (C=O) groups excluding carboxylic acids is 1. The Morgan fingerprint density at radius 3 is 2.46 bits per heavy atom. The van der Waals surface area contributed by atoms with Crippen molar-refractivity contribution in [3.8, 4) is 5.75 Å². The van der Waals surface area contributed by atoms with Gasteiger partial charge >= 0.3 is 12.1 Å². The van der Waals surface area contributed by atoms with Gasteiger partial charge in [-0.1, -0.05) is 0 Å². The van der Waals surface area contributed by atoms with Crippen LogP contribution in [0, 0.1) is 10.1 Å². The maximum atomic E-state index is 11.7. The van der Waals surface area contributed by atoms with Gasteiger partial charge in [-0.15, -0.1) is 0 Å². The third-order valence-electron chi connectivity index (χ3n) is 2.89. The fourth-order valence-electron chi connectivity index (χ4n) is 1.89. The van der Waals surface area contributed by atoms with E-state index >= 15 is 0 Å². The molecular weight excluding hydrogens is 320 g/mol. The van der Waals surface area contributed by atoms with E-state index in [9.17, 15) is 24.8 Å². The number of alkyl carbamates (subject to hydrolysis) is 1. The maximum absolute atomic E-state index is 11.7. The summed E-state index contributed by atoms with van der Waals surface area (Å²) >= 11 is 0. The van der Waals surface area contributed by atoms with Crippen molar-refractivity contribution in [2.24, 2.45) is 0 Å². The number of nitro groups is 1. The second-order valence-corrected chi connectivity index (χ2v) is 5.99. The smallest absolute Gasteiger partial charge is 0.408 e. The molecule has 0 radical (unpaired) electrons. The van der Waals surface area contributed by atoms with Gasteiger partial charge in [-0.2, -0.15) is 0 Å². The molecule has 0 spiro atoms. The zero-order chi connectivity index (χ0) is 18.5. The van der Waals surface area contributed by atoms with Crippen molar-refractivity contribution in [2.45, 2.75) is 38.8 Å². The highest BCUT2D eigenvalue weighted by Crippen LogP contribution is 2.25. The van der Waals surface area contributed by atoms with Crippen LogP contribution in [0.3, 0.4) is 0 Å². The van der Waals surface area contributed by atoms with Gasteiger partial charge in [0.1, 0.15) is 17.4 Å². The van der Waals surface area contributed by atoms with Gasteiger partial charge in [-0.25, -0.2) is 9.59 Å². The lowest BCUT2D eigenvalue weighted by Gasteiger charge is -2.22. The summed E-state index contributed by atoms with van der Waals surface area (Å²) in [5.74, 6) is -1.09. The Kier molecular flexibility index (Phi) is 6.10. The van der Waals surface area contributed by atoms with Gasteiger partial charge < -0.3 is 19.9 Å². The van der Waals surface area contributed by atoms with Crippen LogP contribution in [0.2, 0.25) is 0 Å². The number of benzene rings is 1. The molecule has 0 aromatic heterocycles. The third-order valence-corrected chi connectivity index (χ3v) is 2.89. The van der Waals surface area contributed by atoms with Gasteiger partial charge in [-0.05, 0) is 32.4 Å². The number of hydrogen-bond acceptors (Lipinski definition) is 6. The first-order valence-electron chi connectivity index (χ1n) is 7.07. The van der Waals surface area contributed by atoms with Crippen LogP contribution in [0.25, 0.3) is 0 Å². The highest BCUT2D eigenvalue weighted by Gasteiger charge is 2.25. The van der Waals surface area contributed by atoms with Crippen LogP contribution in [0.5, 0.6) is 5.75 Å². The minimum absolute atomic E-state index is 0.115. The summed E-state index contributed by atoms with van der Waals surface area (Å²) in [5, 5.41) is 22.3. The molecule has 0 heterocycles. The maximum Gasteiger partial charge on any atom is 0.408 e. The fraction of sp³-hybridized carbons (Fsp3) is 0.467. The van der Waals surface area contributed by atoms with Crippen molar-refractivity contribution in [1.82, 2.24) is 5.32 Å². The summed E-state index contributed by atoms with van der Waals surface area (Å²) in [4.78, 5) is 33.3. The summed E-state index contributed by atoms with van der Waals surface area (Å²) in [6.07, 6.45) is -0.980. The summed E-state index contributed by atoms with van der Waals surface area (Å²) in [7, 11) is 1.32. The number of nitro benzene ring substituents is 1. The summed E-state index contributed by atoms with van der Waals surface area (Å²) in [5.41, 5.74) is -0.535. The van der Waals surface area contributed by atoms with Crippen molar-refractivity contribution in [1.29, 1.82) is 0 Å². The molecule has 2 N–H and O–H groups in total. The lowest BCUT2D eigenvalue weighted by Crippen LogP contribution is -2.44. The number of ether oxygens (including phenoxy) is 2. The van der Waals surface area contributed by atoms with E-state index in [0.717, 1.165) is 0 Å². The predicted molar refractivity (Wildman–Crippen MR) is 84.1 cm³/mol. The monoisotopic (exact) mass is 340 g/mol. The number of carboxylic acid groups (broad SMARTS) is 1. The molecule has 9 heteroatoms. The molecule has 0 fully saturated rings. The SMILES string of the molecule is COc1cc([N+](=O)[O-])ccc1CC(NC(=O)OC(C)(C)C)C(=O)O. The summed E-state index contributed by atoms with van der Waals surface area (Å²) in [6.45, 7) is 4.96. The number of non-ortho nitro benzene ring substituents is 1. The van der Waals surface area contributed by atoms with E-state index in [1.807, 2.05) is 0 Å². The molecule has 1 aromatic carbocycles. The lowest BCUT2D eigenvalue weighted by atomic mass is 10.0. The van der Waals surface area contributed by atoms with Gasteiger partial charge in [-0.3, -0.25) is 10.1 Å². The Morgan fingerprint density at radius 2 is 2.00 bits per heavy atom. The first-order chi connectivity index (χ1) is 11.0. The van der Waals surface area contributed by atoms with Gasteiger partial charge in [0.05, 0.1) is 18.1 Å². The number of rotatable bonds is 6. The van der Waals surface area contributed by atoms with Crippen molar-refractivity contribution in [3.05, 3.63) is 33.9 Å². The quantitative estimate of drug-likeness (QED) is 0.599. The van der Waals surface area contributed by atoms with Crippen molar-refractivity contribution in [2.75, 3.05) is 7.11 Å². The van der Waals surface area contributed by atoms with Crippen molar-refractivity contribution < 1.29 is 29.1 Å². The molecular formula is C15H20N2O7. The molecule has 24 heavy (non-hydrogen) atoms. The molecule has 1 amide bonds. The average molecular weight is 340 g/mol. The second-order valence-electron chi connectivity index (χ2n) is 5.99. The van der Waals surface area contributed by atoms with Crippen LogP contribution in [0.4, 0.5) is 10.5 Å². The number of carboxylic acids is 1. The predicted octanol–water partition coefficient (Wildman–Crippen LogP) is 2.12. The van der Waals surface area contributed by atoms with E-state index in [-0.39, 0.29) is 17.9 Å². The molecule has 0 bridgehead atoms. The molecule has 9 nitrogen and oxygen atoms in total. The van der Waals surface area contributed by atoms with Crippen molar-refractivity contribution in [3.63, 3.8) is 0 Å². The molecule has 1 unspecified atom stereocenters. The van der Waals surface area contributed by atoms with Gasteiger partial charge in [0.25, 0.3) is 5.69 Å². The normalized spacial score (nSPS) is 12.2. The molecule has 132 valence electrons. The topological polar surface area (TPSA) is 128 Å². The number of methoxy groups -OCH3 is 1. The van der Waals surface area contributed by atoms with E-state index in [0.29, 0.717) is 5.56 Å². The Morgan fingerprint density at radius 1 is 1.38 bits per heavy atom. The first-order valence-corrected chi connectivity index (χ1v) is 7.07. The number of nitrogens with one attached hydrogen (secondary N) is 1.